The molecule has 3 unspecified atom stereocenters. The Hall–Kier alpha value is -3.35. The van der Waals surface area contributed by atoms with E-state index in [-0.39, 0.29) is 11.2 Å². The highest BCUT2D eigenvalue weighted by molar-refractivity contribution is 5.59. The van der Waals surface area contributed by atoms with Gasteiger partial charge in [-0.15, -0.1) is 6.58 Å². The molecule has 3 fully saturated rings. The zero-order valence-corrected chi connectivity index (χ0v) is 17.7. The maximum Gasteiger partial charge on any atom is 0.225 e. The second kappa shape index (κ2) is 7.36. The van der Waals surface area contributed by atoms with Crippen LogP contribution in [0.1, 0.15) is 24.3 Å². The molecule has 3 aromatic heterocycles. The molecule has 7 heteroatoms. The van der Waals surface area contributed by atoms with E-state index in [1.807, 2.05) is 18.5 Å². The molecule has 0 radical (unpaired) electrons. The lowest BCUT2D eigenvalue weighted by Crippen LogP contribution is -2.29. The molecular weight excluding hydrogens is 405 g/mol. The van der Waals surface area contributed by atoms with Crippen molar-refractivity contribution < 1.29 is 9.13 Å². The van der Waals surface area contributed by atoms with Crippen molar-refractivity contribution >= 4 is 5.95 Å². The summed E-state index contributed by atoms with van der Waals surface area (Å²) in [4.78, 5) is 19.6. The second-order valence-electron chi connectivity index (χ2n) is 9.05. The van der Waals surface area contributed by atoms with Crippen LogP contribution >= 0.6 is 0 Å². The summed E-state index contributed by atoms with van der Waals surface area (Å²) in [5, 5.41) is 0. The quantitative estimate of drug-likeness (QED) is 0.523. The lowest BCUT2D eigenvalue weighted by atomic mass is 10.0. The van der Waals surface area contributed by atoms with Gasteiger partial charge in [-0.25, -0.2) is 14.4 Å². The number of anilines is 1. The van der Waals surface area contributed by atoms with Crippen LogP contribution in [0.15, 0.2) is 61.8 Å². The van der Waals surface area contributed by atoms with Crippen molar-refractivity contribution in [1.82, 2.24) is 19.9 Å². The Labute approximate surface area is 186 Å². The van der Waals surface area contributed by atoms with Crippen molar-refractivity contribution in [1.29, 1.82) is 0 Å². The molecule has 2 aliphatic carbocycles. The zero-order chi connectivity index (χ0) is 21.7. The molecule has 0 bridgehead atoms. The first-order valence-electron chi connectivity index (χ1n) is 11.1. The standard InChI is InChI=1S/C25H24FN5O/c1-2-25-15-31(24-29-9-17(10-30-24)16-3-4-16)13-20(25)21(25)14-32-18-5-6-23(28-11-18)19-7-8-27-12-22(19)26/h2,5-12,16,20-21H,1,3-4,13-15H2. The summed E-state index contributed by atoms with van der Waals surface area (Å²) in [7, 11) is 0. The van der Waals surface area contributed by atoms with Gasteiger partial charge in [0.25, 0.3) is 0 Å². The van der Waals surface area contributed by atoms with Gasteiger partial charge in [0.2, 0.25) is 5.95 Å². The van der Waals surface area contributed by atoms with Crippen LogP contribution in [0, 0.1) is 23.1 Å². The summed E-state index contributed by atoms with van der Waals surface area (Å²) in [6.45, 7) is 6.51. The summed E-state index contributed by atoms with van der Waals surface area (Å²) in [5.41, 5.74) is 2.30. The summed E-state index contributed by atoms with van der Waals surface area (Å²) in [5.74, 6) is 2.69. The Morgan fingerprint density at radius 1 is 1.12 bits per heavy atom. The second-order valence-corrected chi connectivity index (χ2v) is 9.05. The van der Waals surface area contributed by atoms with Gasteiger partial charge in [-0.1, -0.05) is 6.08 Å². The average molecular weight is 429 g/mol. The van der Waals surface area contributed by atoms with Gasteiger partial charge >= 0.3 is 0 Å². The number of pyridine rings is 2. The fourth-order valence-corrected chi connectivity index (χ4v) is 5.10. The van der Waals surface area contributed by atoms with E-state index in [4.69, 9.17) is 4.74 Å². The van der Waals surface area contributed by atoms with Gasteiger partial charge in [0.05, 0.1) is 24.7 Å². The van der Waals surface area contributed by atoms with Crippen molar-refractivity contribution in [2.45, 2.75) is 18.8 Å². The Morgan fingerprint density at radius 3 is 2.62 bits per heavy atom. The minimum atomic E-state index is -0.386. The maximum atomic E-state index is 13.9. The first-order chi connectivity index (χ1) is 15.7. The fourth-order valence-electron chi connectivity index (χ4n) is 5.10. The zero-order valence-electron chi connectivity index (χ0n) is 17.7. The number of hydrogen-bond acceptors (Lipinski definition) is 6. The lowest BCUT2D eigenvalue weighted by molar-refractivity contribution is 0.274. The number of halogens is 1. The molecule has 0 amide bonds. The number of fused-ring (bicyclic) bond motifs is 1. The Bertz CT molecular complexity index is 1150. The smallest absolute Gasteiger partial charge is 0.225 e. The van der Waals surface area contributed by atoms with Crippen LogP contribution in [0.5, 0.6) is 5.75 Å². The molecule has 3 aromatic rings. The molecule has 6 nitrogen and oxygen atoms in total. The van der Waals surface area contributed by atoms with Gasteiger partial charge in [0.15, 0.2) is 5.82 Å². The van der Waals surface area contributed by atoms with E-state index in [9.17, 15) is 4.39 Å². The van der Waals surface area contributed by atoms with Crippen LogP contribution in [-0.4, -0.2) is 39.6 Å². The van der Waals surface area contributed by atoms with Crippen molar-refractivity contribution in [3.63, 3.8) is 0 Å². The minimum absolute atomic E-state index is 0.0477. The lowest BCUT2D eigenvalue weighted by Gasteiger charge is -2.22. The molecular formula is C25H24FN5O. The summed E-state index contributed by atoms with van der Waals surface area (Å²) in [6.07, 6.45) is 13.0. The highest BCUT2D eigenvalue weighted by Crippen LogP contribution is 2.64. The normalized spacial score (nSPS) is 26.0. The monoisotopic (exact) mass is 429 g/mol. The molecule has 1 saturated heterocycles. The maximum absolute atomic E-state index is 13.9. The van der Waals surface area contributed by atoms with Gasteiger partial charge in [-0.3, -0.25) is 9.97 Å². The SMILES string of the molecule is C=CC12CN(c3ncc(C4CC4)cn3)CC1C2COc1ccc(-c2ccncc2F)nc1. The summed E-state index contributed by atoms with van der Waals surface area (Å²) >= 11 is 0. The van der Waals surface area contributed by atoms with Crippen LogP contribution in [0.4, 0.5) is 10.3 Å². The van der Waals surface area contributed by atoms with Crippen LogP contribution in [0.3, 0.4) is 0 Å². The minimum Gasteiger partial charge on any atom is -0.492 e. The molecule has 3 aliphatic rings. The number of rotatable bonds is 7. The van der Waals surface area contributed by atoms with Crippen molar-refractivity contribution in [3.8, 4) is 17.0 Å². The third kappa shape index (κ3) is 3.23. The molecule has 4 heterocycles. The molecule has 6 rings (SSSR count). The number of piperidine rings is 1. The number of ether oxygens (including phenoxy) is 1. The van der Waals surface area contributed by atoms with Crippen LogP contribution in [-0.2, 0) is 0 Å². The predicted molar refractivity (Wildman–Crippen MR) is 119 cm³/mol. The van der Waals surface area contributed by atoms with Crippen LogP contribution in [0.25, 0.3) is 11.3 Å². The van der Waals surface area contributed by atoms with Gasteiger partial charge < -0.3 is 9.64 Å². The van der Waals surface area contributed by atoms with E-state index in [1.165, 1.54) is 24.6 Å². The van der Waals surface area contributed by atoms with Gasteiger partial charge in [-0.05, 0) is 48.4 Å². The van der Waals surface area contributed by atoms with Gasteiger partial charge in [0, 0.05) is 48.6 Å². The average Bonchev–Trinajstić information content (AvgIpc) is 3.74. The van der Waals surface area contributed by atoms with Gasteiger partial charge in [-0.2, -0.15) is 0 Å². The molecule has 0 N–H and O–H groups in total. The van der Waals surface area contributed by atoms with Gasteiger partial charge in [0.1, 0.15) is 5.75 Å². The van der Waals surface area contributed by atoms with Crippen molar-refractivity contribution in [2.24, 2.45) is 17.3 Å². The number of nitrogens with zero attached hydrogens (tertiary/aromatic N) is 5. The highest BCUT2D eigenvalue weighted by Gasteiger charge is 2.67. The van der Waals surface area contributed by atoms with E-state index >= 15 is 0 Å². The Kier molecular flexibility index (Phi) is 4.45. The molecule has 2 saturated carbocycles. The van der Waals surface area contributed by atoms with E-state index in [2.05, 4.69) is 37.5 Å². The van der Waals surface area contributed by atoms with Crippen molar-refractivity contribution in [2.75, 3.05) is 24.6 Å². The van der Waals surface area contributed by atoms with Crippen LogP contribution < -0.4 is 9.64 Å². The Morgan fingerprint density at radius 2 is 1.97 bits per heavy atom. The van der Waals surface area contributed by atoms with Crippen LogP contribution in [0.2, 0.25) is 0 Å². The molecule has 32 heavy (non-hydrogen) atoms. The first kappa shape index (κ1) is 19.3. The fraction of sp³-hybridized carbons (Fsp3) is 0.360. The molecule has 3 atom stereocenters. The van der Waals surface area contributed by atoms with E-state index in [0.717, 1.165) is 19.0 Å². The van der Waals surface area contributed by atoms with Crippen molar-refractivity contribution in [3.05, 3.63) is 73.2 Å². The molecule has 0 aromatic carbocycles. The number of aromatic nitrogens is 4. The summed E-state index contributed by atoms with van der Waals surface area (Å²) < 4.78 is 19.9. The Balaban J connectivity index is 1.08. The molecule has 0 spiro atoms. The topological polar surface area (TPSA) is 64.0 Å². The largest absolute Gasteiger partial charge is 0.492 e. The van der Waals surface area contributed by atoms with E-state index in [1.54, 1.807) is 24.5 Å². The third-order valence-electron chi connectivity index (χ3n) is 7.22. The first-order valence-corrected chi connectivity index (χ1v) is 11.1. The number of hydrogen-bond donors (Lipinski definition) is 0. The molecule has 162 valence electrons. The molecule has 1 aliphatic heterocycles. The highest BCUT2D eigenvalue weighted by atomic mass is 19.1. The van der Waals surface area contributed by atoms with E-state index < -0.39 is 0 Å². The summed E-state index contributed by atoms with van der Waals surface area (Å²) in [6, 6.07) is 5.23. The third-order valence-corrected chi connectivity index (χ3v) is 7.22. The predicted octanol–water partition coefficient (Wildman–Crippen LogP) is 4.27. The van der Waals surface area contributed by atoms with E-state index in [0.29, 0.717) is 41.4 Å².